The lowest BCUT2D eigenvalue weighted by atomic mass is 9.96. The maximum Gasteiger partial charge on any atom is 0.173 e. The van der Waals surface area contributed by atoms with Crippen LogP contribution in [0.25, 0.3) is 0 Å². The van der Waals surface area contributed by atoms with E-state index in [-0.39, 0.29) is 5.84 Å². The third-order valence-corrected chi connectivity index (χ3v) is 3.90. The number of anilines is 1. The lowest BCUT2D eigenvalue weighted by molar-refractivity contribution is 0.222. The fourth-order valence-corrected chi connectivity index (χ4v) is 2.67. The number of rotatable bonds is 4. The number of hydrogen-bond donors (Lipinski definition) is 2. The molecule has 3 N–H and O–H groups in total. The summed E-state index contributed by atoms with van der Waals surface area (Å²) in [4.78, 5) is 8.83. The van der Waals surface area contributed by atoms with Crippen molar-refractivity contribution in [3.63, 3.8) is 0 Å². The first kappa shape index (κ1) is 14.6. The van der Waals surface area contributed by atoms with Gasteiger partial charge in [0.2, 0.25) is 0 Å². The number of aromatic nitrogens is 1. The molecule has 6 nitrogen and oxygen atoms in total. The van der Waals surface area contributed by atoms with E-state index in [1.165, 1.54) is 12.8 Å². The standard InChI is InChI=1S/C14H23N5O/c1-18-8-5-11(6-9-18)10-19(2)14-12(13(15)17-20)4-3-7-16-14/h3-4,7,11,20H,5-6,8-10H2,1-2H3,(H2,15,17). The van der Waals surface area contributed by atoms with Crippen LogP contribution in [0.15, 0.2) is 23.5 Å². The average Bonchev–Trinajstić information content (AvgIpc) is 2.48. The topological polar surface area (TPSA) is 78.0 Å². The largest absolute Gasteiger partial charge is 0.409 e. The molecule has 1 aromatic heterocycles. The van der Waals surface area contributed by atoms with Crippen molar-refractivity contribution >= 4 is 11.7 Å². The van der Waals surface area contributed by atoms with Crippen molar-refractivity contribution in [1.82, 2.24) is 9.88 Å². The number of likely N-dealkylation sites (tertiary alicyclic amines) is 1. The van der Waals surface area contributed by atoms with Crippen LogP contribution >= 0.6 is 0 Å². The molecular weight excluding hydrogens is 254 g/mol. The van der Waals surface area contributed by atoms with Gasteiger partial charge in [0.1, 0.15) is 5.82 Å². The molecule has 1 saturated heterocycles. The fraction of sp³-hybridized carbons (Fsp3) is 0.571. The Labute approximate surface area is 119 Å². The second-order valence-electron chi connectivity index (χ2n) is 5.49. The van der Waals surface area contributed by atoms with E-state index in [4.69, 9.17) is 10.9 Å². The highest BCUT2D eigenvalue weighted by Crippen LogP contribution is 2.21. The number of nitrogens with two attached hydrogens (primary N) is 1. The lowest BCUT2D eigenvalue weighted by Crippen LogP contribution is -2.36. The molecule has 0 saturated carbocycles. The molecule has 0 bridgehead atoms. The van der Waals surface area contributed by atoms with E-state index < -0.39 is 0 Å². The zero-order chi connectivity index (χ0) is 14.5. The zero-order valence-corrected chi connectivity index (χ0v) is 12.2. The molecule has 0 aliphatic carbocycles. The van der Waals surface area contributed by atoms with Crippen LogP contribution in [0.5, 0.6) is 0 Å². The lowest BCUT2D eigenvalue weighted by Gasteiger charge is -2.32. The number of nitrogens with zero attached hydrogens (tertiary/aromatic N) is 4. The number of piperidine rings is 1. The molecule has 6 heteroatoms. The van der Waals surface area contributed by atoms with Crippen molar-refractivity contribution in [1.29, 1.82) is 0 Å². The van der Waals surface area contributed by atoms with Gasteiger partial charge in [-0.2, -0.15) is 0 Å². The van der Waals surface area contributed by atoms with E-state index in [0.717, 1.165) is 25.5 Å². The quantitative estimate of drug-likeness (QED) is 0.371. The SMILES string of the molecule is CN1CCC(CN(C)c2ncccc2/C(N)=N/O)CC1. The third-order valence-electron chi connectivity index (χ3n) is 3.90. The van der Waals surface area contributed by atoms with E-state index in [1.54, 1.807) is 12.3 Å². The van der Waals surface area contributed by atoms with Crippen molar-refractivity contribution in [3.8, 4) is 0 Å². The second kappa shape index (κ2) is 6.56. The van der Waals surface area contributed by atoms with Crippen LogP contribution in [0.3, 0.4) is 0 Å². The van der Waals surface area contributed by atoms with E-state index in [2.05, 4.69) is 27.0 Å². The Hall–Kier alpha value is -1.82. The fourth-order valence-electron chi connectivity index (χ4n) is 2.67. The van der Waals surface area contributed by atoms with Crippen LogP contribution in [0.1, 0.15) is 18.4 Å². The van der Waals surface area contributed by atoms with Gasteiger partial charge in [-0.25, -0.2) is 4.98 Å². The van der Waals surface area contributed by atoms with E-state index >= 15 is 0 Å². The van der Waals surface area contributed by atoms with Gasteiger partial charge >= 0.3 is 0 Å². The summed E-state index contributed by atoms with van der Waals surface area (Å²) < 4.78 is 0. The minimum absolute atomic E-state index is 0.100. The van der Waals surface area contributed by atoms with Crippen LogP contribution < -0.4 is 10.6 Å². The zero-order valence-electron chi connectivity index (χ0n) is 12.2. The summed E-state index contributed by atoms with van der Waals surface area (Å²) >= 11 is 0. The summed E-state index contributed by atoms with van der Waals surface area (Å²) in [5.41, 5.74) is 6.38. The van der Waals surface area contributed by atoms with Gasteiger partial charge in [-0.05, 0) is 51.0 Å². The summed E-state index contributed by atoms with van der Waals surface area (Å²) in [5.74, 6) is 1.53. The summed E-state index contributed by atoms with van der Waals surface area (Å²) in [5, 5.41) is 11.9. The molecule has 1 fully saturated rings. The predicted octanol–water partition coefficient (Wildman–Crippen LogP) is 0.954. The minimum Gasteiger partial charge on any atom is -0.409 e. The van der Waals surface area contributed by atoms with Crippen molar-refractivity contribution < 1.29 is 5.21 Å². The number of pyridine rings is 1. The minimum atomic E-state index is 0.100. The molecule has 2 rings (SSSR count). The van der Waals surface area contributed by atoms with E-state index in [1.807, 2.05) is 13.1 Å². The molecule has 0 unspecified atom stereocenters. The molecule has 1 aliphatic rings. The maximum absolute atomic E-state index is 8.86. The first-order chi connectivity index (χ1) is 9.61. The van der Waals surface area contributed by atoms with Crippen molar-refractivity contribution in [3.05, 3.63) is 23.9 Å². The van der Waals surface area contributed by atoms with Gasteiger partial charge in [0.15, 0.2) is 5.84 Å². The molecule has 0 atom stereocenters. The number of amidine groups is 1. The smallest absolute Gasteiger partial charge is 0.173 e. The Bertz CT molecular complexity index is 468. The van der Waals surface area contributed by atoms with Crippen molar-refractivity contribution in [2.45, 2.75) is 12.8 Å². The number of oxime groups is 1. The highest BCUT2D eigenvalue weighted by molar-refractivity contribution is 6.01. The summed E-state index contributed by atoms with van der Waals surface area (Å²) in [6.45, 7) is 3.23. The van der Waals surface area contributed by atoms with Gasteiger partial charge in [-0.1, -0.05) is 5.16 Å². The molecule has 0 aromatic carbocycles. The van der Waals surface area contributed by atoms with E-state index in [9.17, 15) is 0 Å². The third kappa shape index (κ3) is 3.39. The van der Waals surface area contributed by atoms with Crippen LogP contribution in [-0.2, 0) is 0 Å². The maximum atomic E-state index is 8.86. The molecule has 20 heavy (non-hydrogen) atoms. The van der Waals surface area contributed by atoms with Crippen molar-refractivity contribution in [2.24, 2.45) is 16.8 Å². The van der Waals surface area contributed by atoms with Gasteiger partial charge in [-0.3, -0.25) is 0 Å². The van der Waals surface area contributed by atoms with Crippen LogP contribution in [0, 0.1) is 5.92 Å². The van der Waals surface area contributed by atoms with Gasteiger partial charge in [-0.15, -0.1) is 0 Å². The Morgan fingerprint density at radius 2 is 2.25 bits per heavy atom. The van der Waals surface area contributed by atoms with E-state index in [0.29, 0.717) is 11.5 Å². The average molecular weight is 277 g/mol. The Balaban J connectivity index is 2.07. The van der Waals surface area contributed by atoms with Crippen molar-refractivity contribution in [2.75, 3.05) is 38.6 Å². The normalized spacial score (nSPS) is 18.2. The van der Waals surface area contributed by atoms with Gasteiger partial charge < -0.3 is 20.7 Å². The van der Waals surface area contributed by atoms with Crippen LogP contribution in [0.2, 0.25) is 0 Å². The molecule has 1 aromatic rings. The monoisotopic (exact) mass is 277 g/mol. The molecule has 0 radical (unpaired) electrons. The van der Waals surface area contributed by atoms with Crippen LogP contribution in [-0.4, -0.2) is 54.7 Å². The highest BCUT2D eigenvalue weighted by Gasteiger charge is 2.20. The molecule has 1 aliphatic heterocycles. The molecular formula is C14H23N5O. The Morgan fingerprint density at radius 1 is 1.55 bits per heavy atom. The van der Waals surface area contributed by atoms with Crippen LogP contribution in [0.4, 0.5) is 5.82 Å². The molecule has 2 heterocycles. The summed E-state index contributed by atoms with van der Waals surface area (Å²) in [6, 6.07) is 3.61. The molecule has 110 valence electrons. The first-order valence-electron chi connectivity index (χ1n) is 6.94. The van der Waals surface area contributed by atoms with Gasteiger partial charge in [0.25, 0.3) is 0 Å². The summed E-state index contributed by atoms with van der Waals surface area (Å²) in [6.07, 6.45) is 4.13. The summed E-state index contributed by atoms with van der Waals surface area (Å²) in [7, 11) is 4.17. The Kier molecular flexibility index (Phi) is 4.79. The number of hydrogen-bond acceptors (Lipinski definition) is 5. The van der Waals surface area contributed by atoms with Gasteiger partial charge in [0, 0.05) is 19.8 Å². The Morgan fingerprint density at radius 3 is 2.90 bits per heavy atom. The molecule has 0 amide bonds. The molecule has 0 spiro atoms. The van der Waals surface area contributed by atoms with Gasteiger partial charge in [0.05, 0.1) is 5.56 Å². The first-order valence-corrected chi connectivity index (χ1v) is 6.94. The highest BCUT2D eigenvalue weighted by atomic mass is 16.4. The second-order valence-corrected chi connectivity index (χ2v) is 5.49. The predicted molar refractivity (Wildman–Crippen MR) is 80.2 cm³/mol.